The average molecular weight is 329 g/mol. The third-order valence-electron chi connectivity index (χ3n) is 4.75. The van der Waals surface area contributed by atoms with Crippen LogP contribution in [0, 0.1) is 5.92 Å². The van der Waals surface area contributed by atoms with Gasteiger partial charge >= 0.3 is 0 Å². The van der Waals surface area contributed by atoms with E-state index in [1.807, 2.05) is 18.2 Å². The Balaban J connectivity index is 1.52. The summed E-state index contributed by atoms with van der Waals surface area (Å²) in [6.07, 6.45) is 6.53. The van der Waals surface area contributed by atoms with Gasteiger partial charge in [0.15, 0.2) is 0 Å². The van der Waals surface area contributed by atoms with Crippen LogP contribution in [0.5, 0.6) is 0 Å². The normalized spacial score (nSPS) is 17.3. The Morgan fingerprint density at radius 3 is 2.61 bits per heavy atom. The molecule has 0 unspecified atom stereocenters. The summed E-state index contributed by atoms with van der Waals surface area (Å²) in [7, 11) is 0. The van der Waals surface area contributed by atoms with E-state index in [-0.39, 0.29) is 0 Å². The summed E-state index contributed by atoms with van der Waals surface area (Å²) in [5.74, 6) is 0.653. The topological polar surface area (TPSA) is 25.2 Å². The molecule has 1 amide bonds. The van der Waals surface area contributed by atoms with E-state index in [1.54, 1.807) is 0 Å². The summed E-state index contributed by atoms with van der Waals surface area (Å²) in [6, 6.07) is 12.6. The molecule has 2 aromatic rings. The first kappa shape index (κ1) is 14.8. The highest BCUT2D eigenvalue weighted by Gasteiger charge is 2.40. The molecule has 3 nitrogen and oxygen atoms in total. The predicted molar refractivity (Wildman–Crippen MR) is 91.3 cm³/mol. The molecule has 4 rings (SSSR count). The molecular weight excluding hydrogens is 308 g/mol. The van der Waals surface area contributed by atoms with Gasteiger partial charge in [0.25, 0.3) is 0 Å². The molecule has 4 heteroatoms. The summed E-state index contributed by atoms with van der Waals surface area (Å²) >= 11 is 6.28. The number of aromatic nitrogens is 1. The average Bonchev–Trinajstić information content (AvgIpc) is 3.45. The molecule has 23 heavy (non-hydrogen) atoms. The van der Waals surface area contributed by atoms with Crippen LogP contribution in [0.15, 0.2) is 42.6 Å². The summed E-state index contributed by atoms with van der Waals surface area (Å²) in [5, 5.41) is 0.792. The van der Waals surface area contributed by atoms with Crippen molar-refractivity contribution < 1.29 is 4.79 Å². The monoisotopic (exact) mass is 328 g/mol. The van der Waals surface area contributed by atoms with Gasteiger partial charge in [0, 0.05) is 35.4 Å². The van der Waals surface area contributed by atoms with Crippen molar-refractivity contribution in [3.05, 3.63) is 58.9 Å². The second kappa shape index (κ2) is 6.04. The molecule has 0 bridgehead atoms. The molecule has 0 N–H and O–H groups in total. The number of carbonyl (C=O) groups is 1. The Labute approximate surface area is 141 Å². The van der Waals surface area contributed by atoms with E-state index in [0.29, 0.717) is 17.9 Å². The van der Waals surface area contributed by atoms with Crippen molar-refractivity contribution in [1.82, 2.24) is 9.47 Å². The minimum atomic E-state index is 0.294. The van der Waals surface area contributed by atoms with E-state index in [0.717, 1.165) is 49.4 Å². The van der Waals surface area contributed by atoms with Crippen molar-refractivity contribution in [3.63, 3.8) is 0 Å². The molecule has 0 aliphatic heterocycles. The number of halogens is 1. The highest BCUT2D eigenvalue weighted by Crippen LogP contribution is 2.36. The summed E-state index contributed by atoms with van der Waals surface area (Å²) < 4.78 is 2.21. The van der Waals surface area contributed by atoms with Crippen molar-refractivity contribution in [2.24, 2.45) is 5.92 Å². The molecule has 0 spiro atoms. The molecule has 1 aromatic carbocycles. The Bertz CT molecular complexity index is 716. The van der Waals surface area contributed by atoms with Gasteiger partial charge in [-0.05, 0) is 49.4 Å². The van der Waals surface area contributed by atoms with Crippen LogP contribution < -0.4 is 0 Å². The summed E-state index contributed by atoms with van der Waals surface area (Å²) in [6.45, 7) is 1.47. The van der Waals surface area contributed by atoms with Crippen molar-refractivity contribution in [3.8, 4) is 0 Å². The molecule has 1 heterocycles. The number of nitrogens with zero attached hydrogens (tertiary/aromatic N) is 2. The number of carbonyl (C=O) groups excluding carboxylic acids is 1. The Hall–Kier alpha value is -1.74. The lowest BCUT2D eigenvalue weighted by Crippen LogP contribution is -2.34. The summed E-state index contributed by atoms with van der Waals surface area (Å²) in [4.78, 5) is 14.6. The van der Waals surface area contributed by atoms with Gasteiger partial charge in [-0.2, -0.15) is 0 Å². The van der Waals surface area contributed by atoms with Crippen LogP contribution in [0.4, 0.5) is 0 Å². The van der Waals surface area contributed by atoms with Gasteiger partial charge in [-0.25, -0.2) is 0 Å². The predicted octanol–water partition coefficient (Wildman–Crippen LogP) is 4.09. The van der Waals surface area contributed by atoms with Gasteiger partial charge in [-0.1, -0.05) is 29.8 Å². The largest absolute Gasteiger partial charge is 0.345 e. The van der Waals surface area contributed by atoms with Crippen LogP contribution in [0.1, 0.15) is 36.9 Å². The fourth-order valence-electron chi connectivity index (χ4n) is 3.07. The van der Waals surface area contributed by atoms with Crippen molar-refractivity contribution in [1.29, 1.82) is 0 Å². The van der Waals surface area contributed by atoms with Gasteiger partial charge in [0.1, 0.15) is 0 Å². The lowest BCUT2D eigenvalue weighted by Gasteiger charge is -2.23. The maximum Gasteiger partial charge on any atom is 0.226 e. The Morgan fingerprint density at radius 2 is 1.91 bits per heavy atom. The quantitative estimate of drug-likeness (QED) is 0.784. The Morgan fingerprint density at radius 1 is 1.13 bits per heavy atom. The SMILES string of the molecule is O=C(C1CC1)N(Cc1cccn1Cc1ccccc1Cl)C1CC1. The maximum absolute atomic E-state index is 12.5. The zero-order valence-electron chi connectivity index (χ0n) is 13.1. The van der Waals surface area contributed by atoms with Gasteiger partial charge in [0.05, 0.1) is 6.54 Å². The second-order valence-electron chi connectivity index (χ2n) is 6.69. The lowest BCUT2D eigenvalue weighted by atomic mass is 10.2. The minimum absolute atomic E-state index is 0.294. The van der Waals surface area contributed by atoms with Crippen LogP contribution in [0.3, 0.4) is 0 Å². The van der Waals surface area contributed by atoms with E-state index >= 15 is 0 Å². The Kier molecular flexibility index (Phi) is 3.90. The highest BCUT2D eigenvalue weighted by atomic mass is 35.5. The van der Waals surface area contributed by atoms with Crippen molar-refractivity contribution in [2.45, 2.75) is 44.8 Å². The molecule has 0 radical (unpaired) electrons. The number of amides is 1. The number of benzene rings is 1. The fraction of sp³-hybridized carbons (Fsp3) is 0.421. The van der Waals surface area contributed by atoms with E-state index < -0.39 is 0 Å². The van der Waals surface area contributed by atoms with E-state index in [9.17, 15) is 4.79 Å². The number of hydrogen-bond donors (Lipinski definition) is 0. The van der Waals surface area contributed by atoms with E-state index in [2.05, 4.69) is 33.9 Å². The van der Waals surface area contributed by atoms with Gasteiger partial charge in [0.2, 0.25) is 5.91 Å². The molecule has 0 saturated heterocycles. The van der Waals surface area contributed by atoms with Gasteiger partial charge in [-0.3, -0.25) is 4.79 Å². The standard InChI is InChI=1S/C19H21ClN2O/c20-18-6-2-1-4-15(18)12-21-11-3-5-17(21)13-22(16-9-10-16)19(23)14-7-8-14/h1-6,11,14,16H,7-10,12-13H2. The zero-order chi connectivity index (χ0) is 15.8. The first-order chi connectivity index (χ1) is 11.2. The molecular formula is C19H21ClN2O. The smallest absolute Gasteiger partial charge is 0.226 e. The highest BCUT2D eigenvalue weighted by molar-refractivity contribution is 6.31. The molecule has 2 fully saturated rings. The van der Waals surface area contributed by atoms with Crippen LogP contribution in [0.2, 0.25) is 5.02 Å². The summed E-state index contributed by atoms with van der Waals surface area (Å²) in [5.41, 5.74) is 2.30. The molecule has 2 aliphatic carbocycles. The zero-order valence-corrected chi connectivity index (χ0v) is 13.9. The van der Waals surface area contributed by atoms with Crippen LogP contribution in [-0.4, -0.2) is 21.4 Å². The van der Waals surface area contributed by atoms with Crippen LogP contribution in [0.25, 0.3) is 0 Å². The van der Waals surface area contributed by atoms with Gasteiger partial charge in [-0.15, -0.1) is 0 Å². The number of hydrogen-bond acceptors (Lipinski definition) is 1. The van der Waals surface area contributed by atoms with Crippen molar-refractivity contribution >= 4 is 17.5 Å². The fourth-order valence-corrected chi connectivity index (χ4v) is 3.27. The maximum atomic E-state index is 12.5. The molecule has 1 aromatic heterocycles. The third kappa shape index (κ3) is 3.30. The van der Waals surface area contributed by atoms with Crippen molar-refractivity contribution in [2.75, 3.05) is 0 Å². The molecule has 0 atom stereocenters. The first-order valence-electron chi connectivity index (χ1n) is 8.40. The van der Waals surface area contributed by atoms with Crippen LogP contribution >= 0.6 is 11.6 Å². The third-order valence-corrected chi connectivity index (χ3v) is 5.12. The molecule has 2 saturated carbocycles. The number of rotatable bonds is 6. The van der Waals surface area contributed by atoms with E-state index in [4.69, 9.17) is 11.6 Å². The first-order valence-corrected chi connectivity index (χ1v) is 8.78. The van der Waals surface area contributed by atoms with E-state index in [1.165, 1.54) is 5.69 Å². The second-order valence-corrected chi connectivity index (χ2v) is 7.10. The van der Waals surface area contributed by atoms with Crippen LogP contribution in [-0.2, 0) is 17.9 Å². The van der Waals surface area contributed by atoms with Gasteiger partial charge < -0.3 is 9.47 Å². The lowest BCUT2D eigenvalue weighted by molar-refractivity contribution is -0.133. The molecule has 120 valence electrons. The minimum Gasteiger partial charge on any atom is -0.345 e. The molecule has 2 aliphatic rings.